The Morgan fingerprint density at radius 1 is 1.28 bits per heavy atom. The molecule has 0 aliphatic rings. The maximum absolute atomic E-state index is 13.8. The first-order chi connectivity index (χ1) is 8.61. The Hall–Kier alpha value is -2.04. The van der Waals surface area contributed by atoms with Crippen LogP contribution in [-0.4, -0.2) is 9.36 Å². The number of nitrogen functional groups attached to an aromatic ring is 1. The Labute approximate surface area is 104 Å². The first-order valence-corrected chi connectivity index (χ1v) is 5.96. The minimum absolute atomic E-state index is 0.197. The summed E-state index contributed by atoms with van der Waals surface area (Å²) in [6.07, 6.45) is 0.635. The number of rotatable bonds is 3. The summed E-state index contributed by atoms with van der Waals surface area (Å²) >= 11 is 0. The maximum atomic E-state index is 13.8. The van der Waals surface area contributed by atoms with Gasteiger partial charge < -0.3 is 5.73 Å². The van der Waals surface area contributed by atoms with Gasteiger partial charge in [0.1, 0.15) is 17.2 Å². The molecule has 0 aliphatic carbocycles. The summed E-state index contributed by atoms with van der Waals surface area (Å²) in [5.74, 6) is -0.436. The summed E-state index contributed by atoms with van der Waals surface area (Å²) in [7, 11) is 0. The van der Waals surface area contributed by atoms with Crippen LogP contribution in [0.4, 0.5) is 10.1 Å². The summed E-state index contributed by atoms with van der Waals surface area (Å²) < 4.78 is 16.8. The van der Waals surface area contributed by atoms with E-state index in [4.69, 9.17) is 5.73 Å². The summed E-state index contributed by atoms with van der Waals surface area (Å²) in [6, 6.07) is 6.19. The highest BCUT2D eigenvalue weighted by molar-refractivity contribution is 5.45. The normalized spacial score (nSPS) is 10.8. The SMILES string of the molecule is CCc1c(N)c(=O)n(-c2ccccc2F)n1CC. The molecule has 0 saturated heterocycles. The standard InChI is InChI=1S/C13H16FN3O/c1-3-10-12(15)13(18)17(16(10)4-2)11-8-6-5-7-9(11)14/h5-8H,3-4,15H2,1-2H3. The van der Waals surface area contributed by atoms with Crippen LogP contribution in [0.2, 0.25) is 0 Å². The molecular weight excluding hydrogens is 233 g/mol. The molecule has 2 rings (SSSR count). The number of halogens is 1. The van der Waals surface area contributed by atoms with Gasteiger partial charge >= 0.3 is 0 Å². The van der Waals surface area contributed by atoms with Crippen molar-refractivity contribution < 1.29 is 4.39 Å². The molecule has 0 bridgehead atoms. The molecule has 2 N–H and O–H groups in total. The number of nitrogens with two attached hydrogens (primary N) is 1. The van der Waals surface area contributed by atoms with Gasteiger partial charge in [-0.1, -0.05) is 19.1 Å². The van der Waals surface area contributed by atoms with Crippen molar-refractivity contribution in [3.63, 3.8) is 0 Å². The molecule has 0 amide bonds. The Bertz CT molecular complexity index is 628. The quantitative estimate of drug-likeness (QED) is 0.903. The van der Waals surface area contributed by atoms with E-state index in [1.54, 1.807) is 22.9 Å². The van der Waals surface area contributed by atoms with Crippen molar-refractivity contribution in [2.75, 3.05) is 5.73 Å². The maximum Gasteiger partial charge on any atom is 0.294 e. The van der Waals surface area contributed by atoms with Crippen LogP contribution in [-0.2, 0) is 13.0 Å². The predicted octanol–water partition coefficient (Wildman–Crippen LogP) is 1.94. The van der Waals surface area contributed by atoms with Crippen molar-refractivity contribution in [1.82, 2.24) is 9.36 Å². The van der Waals surface area contributed by atoms with Crippen molar-refractivity contribution >= 4 is 5.69 Å². The fourth-order valence-corrected chi connectivity index (χ4v) is 2.18. The minimum atomic E-state index is -0.436. The Balaban J connectivity index is 2.80. The van der Waals surface area contributed by atoms with Crippen LogP contribution >= 0.6 is 0 Å². The van der Waals surface area contributed by atoms with Gasteiger partial charge in [-0.3, -0.25) is 9.48 Å². The minimum Gasteiger partial charge on any atom is -0.393 e. The van der Waals surface area contributed by atoms with E-state index in [2.05, 4.69) is 0 Å². The highest BCUT2D eigenvalue weighted by Crippen LogP contribution is 2.16. The molecular formula is C13H16FN3O. The number of anilines is 1. The second-order valence-corrected chi connectivity index (χ2v) is 4.00. The number of hydrogen-bond donors (Lipinski definition) is 1. The molecule has 4 nitrogen and oxygen atoms in total. The van der Waals surface area contributed by atoms with Gasteiger partial charge in [0.05, 0.1) is 5.69 Å². The van der Waals surface area contributed by atoms with Gasteiger partial charge in [-0.2, -0.15) is 0 Å². The molecule has 0 radical (unpaired) electrons. The van der Waals surface area contributed by atoms with Crippen molar-refractivity contribution in [3.8, 4) is 5.69 Å². The van der Waals surface area contributed by atoms with Crippen LogP contribution in [0.25, 0.3) is 5.69 Å². The lowest BCUT2D eigenvalue weighted by atomic mass is 10.3. The average Bonchev–Trinajstić information content (AvgIpc) is 2.62. The van der Waals surface area contributed by atoms with Gasteiger partial charge in [-0.05, 0) is 25.5 Å². The molecule has 1 aromatic carbocycles. The fourth-order valence-electron chi connectivity index (χ4n) is 2.18. The van der Waals surface area contributed by atoms with E-state index in [0.717, 1.165) is 5.69 Å². The summed E-state index contributed by atoms with van der Waals surface area (Å²) in [5.41, 5.74) is 6.61. The molecule has 1 aromatic heterocycles. The van der Waals surface area contributed by atoms with Crippen LogP contribution in [0.5, 0.6) is 0 Å². The number of hydrogen-bond acceptors (Lipinski definition) is 2. The van der Waals surface area contributed by atoms with Gasteiger partial charge in [-0.15, -0.1) is 0 Å². The van der Waals surface area contributed by atoms with Crippen LogP contribution in [0.1, 0.15) is 19.5 Å². The third-order valence-electron chi connectivity index (χ3n) is 3.00. The zero-order valence-corrected chi connectivity index (χ0v) is 10.5. The topological polar surface area (TPSA) is 53.0 Å². The highest BCUT2D eigenvalue weighted by atomic mass is 19.1. The molecule has 0 saturated carbocycles. The highest BCUT2D eigenvalue weighted by Gasteiger charge is 2.18. The zero-order chi connectivity index (χ0) is 13.3. The molecule has 0 aliphatic heterocycles. The second kappa shape index (κ2) is 4.68. The first kappa shape index (κ1) is 12.4. The molecule has 96 valence electrons. The molecule has 0 spiro atoms. The second-order valence-electron chi connectivity index (χ2n) is 4.00. The van der Waals surface area contributed by atoms with Gasteiger partial charge in [0, 0.05) is 6.54 Å². The molecule has 5 heteroatoms. The summed E-state index contributed by atoms with van der Waals surface area (Å²) in [5, 5.41) is 0. The van der Waals surface area contributed by atoms with E-state index in [1.807, 2.05) is 13.8 Å². The fraction of sp³-hybridized carbons (Fsp3) is 0.308. The Morgan fingerprint density at radius 2 is 1.94 bits per heavy atom. The number of nitrogens with zero attached hydrogens (tertiary/aromatic N) is 2. The first-order valence-electron chi connectivity index (χ1n) is 5.96. The lowest BCUT2D eigenvalue weighted by Crippen LogP contribution is -2.23. The van der Waals surface area contributed by atoms with E-state index < -0.39 is 5.82 Å². The summed E-state index contributed by atoms with van der Waals surface area (Å²) in [4.78, 5) is 12.1. The number of aromatic nitrogens is 2. The molecule has 0 fully saturated rings. The molecule has 2 aromatic rings. The largest absolute Gasteiger partial charge is 0.393 e. The van der Waals surface area contributed by atoms with Gasteiger partial charge in [0.25, 0.3) is 5.56 Å². The average molecular weight is 249 g/mol. The van der Waals surface area contributed by atoms with Crippen LogP contribution < -0.4 is 11.3 Å². The Morgan fingerprint density at radius 3 is 2.50 bits per heavy atom. The molecule has 18 heavy (non-hydrogen) atoms. The molecule has 0 unspecified atom stereocenters. The molecule has 1 heterocycles. The monoisotopic (exact) mass is 249 g/mol. The van der Waals surface area contributed by atoms with Crippen molar-refractivity contribution in [2.45, 2.75) is 26.8 Å². The van der Waals surface area contributed by atoms with Crippen LogP contribution in [0.15, 0.2) is 29.1 Å². The van der Waals surface area contributed by atoms with Crippen LogP contribution in [0, 0.1) is 5.82 Å². The van der Waals surface area contributed by atoms with E-state index in [0.29, 0.717) is 13.0 Å². The lowest BCUT2D eigenvalue weighted by molar-refractivity contribution is 0.526. The zero-order valence-electron chi connectivity index (χ0n) is 10.5. The van der Waals surface area contributed by atoms with Gasteiger partial charge in [-0.25, -0.2) is 9.07 Å². The van der Waals surface area contributed by atoms with E-state index in [1.165, 1.54) is 10.7 Å². The van der Waals surface area contributed by atoms with Crippen molar-refractivity contribution in [3.05, 3.63) is 46.1 Å². The number of benzene rings is 1. The molecule has 0 atom stereocenters. The van der Waals surface area contributed by atoms with Crippen molar-refractivity contribution in [1.29, 1.82) is 0 Å². The summed E-state index contributed by atoms with van der Waals surface area (Å²) in [6.45, 7) is 4.38. The van der Waals surface area contributed by atoms with E-state index in [-0.39, 0.29) is 16.9 Å². The van der Waals surface area contributed by atoms with Gasteiger partial charge in [0.15, 0.2) is 0 Å². The van der Waals surface area contributed by atoms with E-state index in [9.17, 15) is 9.18 Å². The predicted molar refractivity (Wildman–Crippen MR) is 69.5 cm³/mol. The third kappa shape index (κ3) is 1.72. The van der Waals surface area contributed by atoms with Crippen molar-refractivity contribution in [2.24, 2.45) is 0 Å². The lowest BCUT2D eigenvalue weighted by Gasteiger charge is -2.12. The van der Waals surface area contributed by atoms with Gasteiger partial charge in [0.2, 0.25) is 0 Å². The van der Waals surface area contributed by atoms with E-state index >= 15 is 0 Å². The third-order valence-corrected chi connectivity index (χ3v) is 3.00. The smallest absolute Gasteiger partial charge is 0.294 e. The Kier molecular flexibility index (Phi) is 3.23. The van der Waals surface area contributed by atoms with Crippen LogP contribution in [0.3, 0.4) is 0 Å². The number of para-hydroxylation sites is 1.